The number of nitrogens with zero attached hydrogens (tertiary/aromatic N) is 3. The summed E-state index contributed by atoms with van der Waals surface area (Å²) in [5, 5.41) is 8.52. The van der Waals surface area contributed by atoms with Crippen molar-refractivity contribution in [1.29, 1.82) is 0 Å². The van der Waals surface area contributed by atoms with Gasteiger partial charge in [-0.15, -0.1) is 16.7 Å². The Labute approximate surface area is 102 Å². The first-order valence-corrected chi connectivity index (χ1v) is 6.68. The Hall–Kier alpha value is -0.570. The van der Waals surface area contributed by atoms with E-state index in [9.17, 15) is 0 Å². The van der Waals surface area contributed by atoms with E-state index in [1.807, 2.05) is 0 Å². The van der Waals surface area contributed by atoms with Gasteiger partial charge in [-0.2, -0.15) is 0 Å². The van der Waals surface area contributed by atoms with Crippen LogP contribution in [0, 0.1) is 5.92 Å². The maximum Gasteiger partial charge on any atom is 0.101 e. The molecule has 3 nitrogen and oxygen atoms in total. The summed E-state index contributed by atoms with van der Waals surface area (Å²) in [7, 11) is 0. The van der Waals surface area contributed by atoms with E-state index in [1.54, 1.807) is 0 Å². The third-order valence-corrected chi connectivity index (χ3v) is 4.03. The van der Waals surface area contributed by atoms with Crippen LogP contribution in [-0.4, -0.2) is 15.0 Å². The molecule has 0 aromatic carbocycles. The summed E-state index contributed by atoms with van der Waals surface area (Å²) in [6, 6.07) is 0.403. The SMILES string of the molecule is CC(C)C(C)n1nnc(CCl)c1C1CCC1. The van der Waals surface area contributed by atoms with Crippen LogP contribution in [0.3, 0.4) is 0 Å². The fourth-order valence-corrected chi connectivity index (χ4v) is 2.31. The van der Waals surface area contributed by atoms with Crippen LogP contribution in [0.5, 0.6) is 0 Å². The predicted molar refractivity (Wildman–Crippen MR) is 65.7 cm³/mol. The van der Waals surface area contributed by atoms with E-state index >= 15 is 0 Å². The van der Waals surface area contributed by atoms with Crippen LogP contribution in [0.4, 0.5) is 0 Å². The normalized spacial score (nSPS) is 18.8. The number of alkyl halides is 1. The van der Waals surface area contributed by atoms with Crippen molar-refractivity contribution in [3.8, 4) is 0 Å². The van der Waals surface area contributed by atoms with Crippen LogP contribution in [-0.2, 0) is 5.88 Å². The standard InChI is InChI=1S/C12H20ClN3/c1-8(2)9(3)16-12(10-5-4-6-10)11(7-13)14-15-16/h8-10H,4-7H2,1-3H3. The van der Waals surface area contributed by atoms with E-state index in [4.69, 9.17) is 11.6 Å². The van der Waals surface area contributed by atoms with Gasteiger partial charge in [0, 0.05) is 5.92 Å². The molecular weight excluding hydrogens is 222 g/mol. The molecule has 0 amide bonds. The predicted octanol–water partition coefficient (Wildman–Crippen LogP) is 3.50. The molecule has 0 bridgehead atoms. The van der Waals surface area contributed by atoms with Crippen LogP contribution < -0.4 is 0 Å². The largest absolute Gasteiger partial charge is 0.246 e. The van der Waals surface area contributed by atoms with Crippen molar-refractivity contribution < 1.29 is 0 Å². The number of halogens is 1. The smallest absolute Gasteiger partial charge is 0.101 e. The number of rotatable bonds is 4. The molecule has 1 heterocycles. The van der Waals surface area contributed by atoms with E-state index in [-0.39, 0.29) is 0 Å². The molecule has 16 heavy (non-hydrogen) atoms. The number of aromatic nitrogens is 3. The lowest BCUT2D eigenvalue weighted by molar-refractivity contribution is 0.322. The molecule has 1 aromatic rings. The van der Waals surface area contributed by atoms with Crippen molar-refractivity contribution >= 4 is 11.6 Å². The molecule has 1 aliphatic carbocycles. The molecule has 1 aromatic heterocycles. The molecule has 1 saturated carbocycles. The number of hydrogen-bond acceptors (Lipinski definition) is 2. The van der Waals surface area contributed by atoms with Gasteiger partial charge in [0.15, 0.2) is 0 Å². The summed E-state index contributed by atoms with van der Waals surface area (Å²) in [6.45, 7) is 6.65. The highest BCUT2D eigenvalue weighted by Crippen LogP contribution is 2.39. The minimum absolute atomic E-state index is 0.403. The summed E-state index contributed by atoms with van der Waals surface area (Å²) in [4.78, 5) is 0. The highest BCUT2D eigenvalue weighted by molar-refractivity contribution is 6.16. The zero-order valence-corrected chi connectivity index (χ0v) is 11.0. The fraction of sp³-hybridized carbons (Fsp3) is 0.833. The van der Waals surface area contributed by atoms with Gasteiger partial charge in [-0.3, -0.25) is 0 Å². The second-order valence-electron chi connectivity index (χ2n) is 5.11. The lowest BCUT2D eigenvalue weighted by atomic mass is 9.82. The molecule has 0 N–H and O–H groups in total. The Kier molecular flexibility index (Phi) is 3.53. The highest BCUT2D eigenvalue weighted by atomic mass is 35.5. The molecule has 1 unspecified atom stereocenters. The van der Waals surface area contributed by atoms with Crippen LogP contribution in [0.1, 0.15) is 63.4 Å². The quantitative estimate of drug-likeness (QED) is 0.756. The molecule has 0 radical (unpaired) electrons. The number of hydrogen-bond donors (Lipinski definition) is 0. The Bertz CT molecular complexity index is 355. The Morgan fingerprint density at radius 2 is 2.06 bits per heavy atom. The van der Waals surface area contributed by atoms with Crippen molar-refractivity contribution in [3.63, 3.8) is 0 Å². The monoisotopic (exact) mass is 241 g/mol. The molecule has 2 rings (SSSR count). The minimum Gasteiger partial charge on any atom is -0.246 e. The van der Waals surface area contributed by atoms with Crippen LogP contribution >= 0.6 is 11.6 Å². The summed E-state index contributed by atoms with van der Waals surface area (Å²) >= 11 is 5.94. The van der Waals surface area contributed by atoms with Gasteiger partial charge in [0.05, 0.1) is 17.6 Å². The van der Waals surface area contributed by atoms with Gasteiger partial charge in [-0.25, -0.2) is 4.68 Å². The van der Waals surface area contributed by atoms with Crippen molar-refractivity contribution in [2.45, 2.75) is 57.9 Å². The van der Waals surface area contributed by atoms with Crippen LogP contribution in [0.15, 0.2) is 0 Å². The third-order valence-electron chi connectivity index (χ3n) is 3.77. The Balaban J connectivity index is 2.33. The first-order chi connectivity index (χ1) is 7.65. The molecule has 1 atom stereocenters. The summed E-state index contributed by atoms with van der Waals surface area (Å²) in [5.74, 6) is 1.70. The summed E-state index contributed by atoms with van der Waals surface area (Å²) in [5.41, 5.74) is 2.28. The van der Waals surface area contributed by atoms with Crippen molar-refractivity contribution in [2.24, 2.45) is 5.92 Å². The minimum atomic E-state index is 0.403. The van der Waals surface area contributed by atoms with E-state index in [0.29, 0.717) is 23.8 Å². The van der Waals surface area contributed by atoms with Gasteiger partial charge in [-0.05, 0) is 25.7 Å². The van der Waals surface area contributed by atoms with Gasteiger partial charge in [0.25, 0.3) is 0 Å². The van der Waals surface area contributed by atoms with Crippen molar-refractivity contribution in [1.82, 2.24) is 15.0 Å². The molecule has 4 heteroatoms. The average molecular weight is 242 g/mol. The Morgan fingerprint density at radius 3 is 2.50 bits per heavy atom. The van der Waals surface area contributed by atoms with E-state index in [2.05, 4.69) is 35.8 Å². The van der Waals surface area contributed by atoms with Gasteiger partial charge in [0.1, 0.15) is 5.69 Å². The van der Waals surface area contributed by atoms with Crippen LogP contribution in [0.25, 0.3) is 0 Å². The maximum atomic E-state index is 5.94. The molecule has 0 saturated heterocycles. The zero-order chi connectivity index (χ0) is 11.7. The van der Waals surface area contributed by atoms with E-state index in [0.717, 1.165) is 5.69 Å². The molecule has 0 aliphatic heterocycles. The van der Waals surface area contributed by atoms with Gasteiger partial charge >= 0.3 is 0 Å². The topological polar surface area (TPSA) is 30.7 Å². The van der Waals surface area contributed by atoms with E-state index < -0.39 is 0 Å². The van der Waals surface area contributed by atoms with Gasteiger partial charge in [0.2, 0.25) is 0 Å². The molecule has 1 aliphatic rings. The molecule has 1 fully saturated rings. The second kappa shape index (κ2) is 4.74. The highest BCUT2D eigenvalue weighted by Gasteiger charge is 2.29. The molecule has 0 spiro atoms. The lowest BCUT2D eigenvalue weighted by Gasteiger charge is -2.29. The van der Waals surface area contributed by atoms with E-state index in [1.165, 1.54) is 25.0 Å². The van der Waals surface area contributed by atoms with Crippen molar-refractivity contribution in [3.05, 3.63) is 11.4 Å². The first kappa shape index (κ1) is 11.9. The van der Waals surface area contributed by atoms with Gasteiger partial charge < -0.3 is 0 Å². The van der Waals surface area contributed by atoms with Gasteiger partial charge in [-0.1, -0.05) is 25.5 Å². The second-order valence-corrected chi connectivity index (χ2v) is 5.38. The molecule has 90 valence electrons. The fourth-order valence-electron chi connectivity index (χ4n) is 2.12. The van der Waals surface area contributed by atoms with Crippen molar-refractivity contribution in [2.75, 3.05) is 0 Å². The molecular formula is C12H20ClN3. The average Bonchev–Trinajstić information content (AvgIpc) is 2.57. The third kappa shape index (κ3) is 1.97. The van der Waals surface area contributed by atoms with Crippen LogP contribution in [0.2, 0.25) is 0 Å². The lowest BCUT2D eigenvalue weighted by Crippen LogP contribution is -2.21. The zero-order valence-electron chi connectivity index (χ0n) is 10.3. The summed E-state index contributed by atoms with van der Waals surface area (Å²) < 4.78 is 2.10. The first-order valence-electron chi connectivity index (χ1n) is 6.15. The Morgan fingerprint density at radius 1 is 1.38 bits per heavy atom. The summed E-state index contributed by atoms with van der Waals surface area (Å²) in [6.07, 6.45) is 3.86. The maximum absolute atomic E-state index is 5.94.